The van der Waals surface area contributed by atoms with Gasteiger partial charge in [0.1, 0.15) is 0 Å². The molecule has 2 heterocycles. The Hall–Kier alpha value is -1.89. The Morgan fingerprint density at radius 3 is 2.23 bits per heavy atom. The first-order valence-corrected chi connectivity index (χ1v) is 7.63. The normalized spacial score (nSPS) is 15.5. The number of hydrogen-bond donors (Lipinski definition) is 0. The van der Waals surface area contributed by atoms with Crippen LogP contribution < -0.4 is 0 Å². The van der Waals surface area contributed by atoms with Crippen LogP contribution in [0.4, 0.5) is 0 Å². The van der Waals surface area contributed by atoms with Crippen molar-refractivity contribution in [2.45, 2.75) is 12.8 Å². The lowest BCUT2D eigenvalue weighted by Crippen LogP contribution is -2.52. The van der Waals surface area contributed by atoms with E-state index in [0.717, 1.165) is 5.56 Å². The first-order chi connectivity index (χ1) is 10.5. The smallest absolute Gasteiger partial charge is 0.236 e. The number of aromatic nitrogens is 2. The van der Waals surface area contributed by atoms with E-state index in [1.165, 1.54) is 0 Å². The van der Waals surface area contributed by atoms with Crippen molar-refractivity contribution in [2.24, 2.45) is 7.05 Å². The van der Waals surface area contributed by atoms with Gasteiger partial charge in [-0.05, 0) is 26.1 Å². The van der Waals surface area contributed by atoms with E-state index in [1.54, 1.807) is 10.9 Å². The van der Waals surface area contributed by atoms with E-state index in [0.29, 0.717) is 45.6 Å². The second-order valence-electron chi connectivity index (χ2n) is 6.02. The molecule has 0 aromatic carbocycles. The van der Waals surface area contributed by atoms with Gasteiger partial charge in [-0.1, -0.05) is 0 Å². The molecule has 0 atom stereocenters. The number of nitrogens with zero attached hydrogens (tertiary/aromatic N) is 5. The molecule has 122 valence electrons. The minimum absolute atomic E-state index is 0.132. The van der Waals surface area contributed by atoms with Gasteiger partial charge in [0.05, 0.1) is 12.7 Å². The van der Waals surface area contributed by atoms with E-state index in [9.17, 15) is 9.59 Å². The molecule has 1 fully saturated rings. The molecule has 22 heavy (non-hydrogen) atoms. The van der Waals surface area contributed by atoms with E-state index in [2.05, 4.69) is 5.10 Å². The van der Waals surface area contributed by atoms with Crippen LogP contribution in [0.2, 0.25) is 0 Å². The predicted molar refractivity (Wildman–Crippen MR) is 83.2 cm³/mol. The maximum Gasteiger partial charge on any atom is 0.236 e. The molecule has 0 spiro atoms. The van der Waals surface area contributed by atoms with Crippen LogP contribution in [0.15, 0.2) is 12.4 Å². The second kappa shape index (κ2) is 7.40. The largest absolute Gasteiger partial charge is 0.339 e. The van der Waals surface area contributed by atoms with Gasteiger partial charge < -0.3 is 14.7 Å². The van der Waals surface area contributed by atoms with E-state index < -0.39 is 0 Å². The average molecular weight is 307 g/mol. The number of hydrogen-bond acceptors (Lipinski definition) is 4. The average Bonchev–Trinajstić information content (AvgIpc) is 2.90. The fraction of sp³-hybridized carbons (Fsp3) is 0.667. The zero-order chi connectivity index (χ0) is 16.1. The number of amides is 2. The summed E-state index contributed by atoms with van der Waals surface area (Å²) in [5, 5.41) is 4.10. The Kier molecular flexibility index (Phi) is 5.54. The minimum atomic E-state index is 0.132. The molecule has 0 radical (unpaired) electrons. The van der Waals surface area contributed by atoms with E-state index in [-0.39, 0.29) is 11.8 Å². The zero-order valence-corrected chi connectivity index (χ0v) is 13.7. The van der Waals surface area contributed by atoms with Gasteiger partial charge in [0, 0.05) is 45.8 Å². The van der Waals surface area contributed by atoms with Gasteiger partial charge in [-0.2, -0.15) is 5.10 Å². The molecule has 2 rings (SSSR count). The van der Waals surface area contributed by atoms with Crippen LogP contribution in [0.25, 0.3) is 0 Å². The zero-order valence-electron chi connectivity index (χ0n) is 13.7. The van der Waals surface area contributed by atoms with Gasteiger partial charge in [0.25, 0.3) is 0 Å². The SMILES string of the molecule is CN(C)CC(=O)N1CCN(C(=O)CCc2cnn(C)c2)CC1. The molecule has 0 unspecified atom stereocenters. The van der Waals surface area contributed by atoms with Gasteiger partial charge in [0.15, 0.2) is 0 Å². The maximum absolute atomic E-state index is 12.2. The summed E-state index contributed by atoms with van der Waals surface area (Å²) in [7, 11) is 5.64. The lowest BCUT2D eigenvalue weighted by atomic mass is 10.1. The standard InChI is InChI=1S/C15H25N5O2/c1-17(2)12-15(22)20-8-6-19(7-9-20)14(21)5-4-13-10-16-18(3)11-13/h10-11H,4-9,12H2,1-3H3. The molecular formula is C15H25N5O2. The van der Waals surface area contributed by atoms with Gasteiger partial charge in [0.2, 0.25) is 11.8 Å². The van der Waals surface area contributed by atoms with Crippen LogP contribution in [0.3, 0.4) is 0 Å². The third kappa shape index (κ3) is 4.56. The highest BCUT2D eigenvalue weighted by atomic mass is 16.2. The van der Waals surface area contributed by atoms with Crippen molar-refractivity contribution in [3.05, 3.63) is 18.0 Å². The molecule has 1 aliphatic rings. The van der Waals surface area contributed by atoms with Crippen molar-refractivity contribution in [3.63, 3.8) is 0 Å². The highest BCUT2D eigenvalue weighted by molar-refractivity contribution is 5.79. The summed E-state index contributed by atoms with van der Waals surface area (Å²) >= 11 is 0. The first kappa shape index (κ1) is 16.5. The second-order valence-corrected chi connectivity index (χ2v) is 6.02. The summed E-state index contributed by atoms with van der Waals surface area (Å²) < 4.78 is 1.74. The molecule has 1 aromatic rings. The Morgan fingerprint density at radius 2 is 1.73 bits per heavy atom. The molecule has 1 saturated heterocycles. The van der Waals surface area contributed by atoms with Crippen molar-refractivity contribution in [2.75, 3.05) is 46.8 Å². The van der Waals surface area contributed by atoms with Crippen LogP contribution in [-0.4, -0.2) is 83.1 Å². The Bertz CT molecular complexity index is 518. The van der Waals surface area contributed by atoms with Crippen LogP contribution >= 0.6 is 0 Å². The highest BCUT2D eigenvalue weighted by Crippen LogP contribution is 2.08. The quantitative estimate of drug-likeness (QED) is 0.742. The topological polar surface area (TPSA) is 61.7 Å². The molecule has 7 nitrogen and oxygen atoms in total. The number of likely N-dealkylation sites (N-methyl/N-ethyl adjacent to an activating group) is 1. The summed E-state index contributed by atoms with van der Waals surface area (Å²) in [6, 6.07) is 0. The molecule has 0 aliphatic carbocycles. The predicted octanol–water partition coefficient (Wildman–Crippen LogP) is -0.415. The summed E-state index contributed by atoms with van der Waals surface area (Å²) in [6.07, 6.45) is 4.94. The molecule has 0 saturated carbocycles. The van der Waals surface area contributed by atoms with E-state index >= 15 is 0 Å². The molecule has 0 N–H and O–H groups in total. The summed E-state index contributed by atoms with van der Waals surface area (Å²) in [4.78, 5) is 29.8. The Morgan fingerprint density at radius 1 is 1.14 bits per heavy atom. The van der Waals surface area contributed by atoms with Gasteiger partial charge in [-0.25, -0.2) is 0 Å². The van der Waals surface area contributed by atoms with E-state index in [4.69, 9.17) is 0 Å². The van der Waals surface area contributed by atoms with Crippen molar-refractivity contribution in [3.8, 4) is 0 Å². The summed E-state index contributed by atoms with van der Waals surface area (Å²) in [5.74, 6) is 0.288. The third-order valence-electron chi connectivity index (χ3n) is 3.82. The number of carbonyl (C=O) groups is 2. The molecule has 7 heteroatoms. The Labute approximate surface area is 131 Å². The number of rotatable bonds is 5. The van der Waals surface area contributed by atoms with Gasteiger partial charge >= 0.3 is 0 Å². The molecule has 2 amide bonds. The first-order valence-electron chi connectivity index (χ1n) is 7.63. The number of aryl methyl sites for hydroxylation is 2. The maximum atomic E-state index is 12.2. The van der Waals surface area contributed by atoms with Gasteiger partial charge in [-0.3, -0.25) is 14.3 Å². The number of piperazine rings is 1. The lowest BCUT2D eigenvalue weighted by molar-refractivity contribution is -0.139. The third-order valence-corrected chi connectivity index (χ3v) is 3.82. The van der Waals surface area contributed by atoms with E-state index in [1.807, 2.05) is 42.0 Å². The fourth-order valence-electron chi connectivity index (χ4n) is 2.59. The van der Waals surface area contributed by atoms with Crippen molar-refractivity contribution in [1.29, 1.82) is 0 Å². The lowest BCUT2D eigenvalue weighted by Gasteiger charge is -2.35. The number of carbonyl (C=O) groups excluding carboxylic acids is 2. The highest BCUT2D eigenvalue weighted by Gasteiger charge is 2.23. The molecule has 1 aromatic heterocycles. The fourth-order valence-corrected chi connectivity index (χ4v) is 2.59. The van der Waals surface area contributed by atoms with Crippen LogP contribution in [0, 0.1) is 0 Å². The summed E-state index contributed by atoms with van der Waals surface area (Å²) in [6.45, 7) is 2.95. The van der Waals surface area contributed by atoms with Crippen LogP contribution in [-0.2, 0) is 23.1 Å². The van der Waals surface area contributed by atoms with Crippen LogP contribution in [0.5, 0.6) is 0 Å². The van der Waals surface area contributed by atoms with Crippen LogP contribution in [0.1, 0.15) is 12.0 Å². The molecular weight excluding hydrogens is 282 g/mol. The minimum Gasteiger partial charge on any atom is -0.339 e. The van der Waals surface area contributed by atoms with Crippen molar-refractivity contribution >= 4 is 11.8 Å². The Balaban J connectivity index is 1.74. The summed E-state index contributed by atoms with van der Waals surface area (Å²) in [5.41, 5.74) is 1.08. The van der Waals surface area contributed by atoms with Crippen molar-refractivity contribution < 1.29 is 9.59 Å². The molecule has 1 aliphatic heterocycles. The van der Waals surface area contributed by atoms with Crippen molar-refractivity contribution in [1.82, 2.24) is 24.5 Å². The molecule has 0 bridgehead atoms. The monoisotopic (exact) mass is 307 g/mol. The van der Waals surface area contributed by atoms with Gasteiger partial charge in [-0.15, -0.1) is 0 Å².